The number of aliphatic hydroxyl groups excluding tert-OH is 3. The van der Waals surface area contributed by atoms with Crippen LogP contribution in [0, 0.1) is 28.8 Å². The Labute approximate surface area is 200 Å². The maximum absolute atomic E-state index is 13.6. The normalized spacial score (nSPS) is 31.2. The summed E-state index contributed by atoms with van der Waals surface area (Å²) in [5.74, 6) is -4.44. The molecule has 6 atom stereocenters. The number of allylic oxidation sites excluding steroid dienone is 4. The molecule has 1 unspecified atom stereocenters. The van der Waals surface area contributed by atoms with E-state index >= 15 is 0 Å². The Kier molecular flexibility index (Phi) is 7.04. The van der Waals surface area contributed by atoms with E-state index in [4.69, 9.17) is 16.3 Å². The Morgan fingerprint density at radius 2 is 1.97 bits per heavy atom. The molecule has 13 heteroatoms. The molecule has 8 nitrogen and oxygen atoms in total. The maximum atomic E-state index is 13.6. The van der Waals surface area contributed by atoms with Crippen molar-refractivity contribution in [3.8, 4) is 17.3 Å². The minimum Gasteiger partial charge on any atom is -0.394 e. The van der Waals surface area contributed by atoms with Gasteiger partial charge in [0.25, 0.3) is 0 Å². The first-order chi connectivity index (χ1) is 16.2. The van der Waals surface area contributed by atoms with Crippen molar-refractivity contribution >= 4 is 23.4 Å². The fourth-order valence-corrected chi connectivity index (χ4v) is 5.25. The summed E-state index contributed by atoms with van der Waals surface area (Å²) in [5.41, 5.74) is -1.12. The second kappa shape index (κ2) is 9.69. The number of hydrogen-bond acceptors (Lipinski definition) is 8. The highest BCUT2D eigenvalue weighted by Crippen LogP contribution is 2.41. The quantitative estimate of drug-likeness (QED) is 0.316. The summed E-state index contributed by atoms with van der Waals surface area (Å²) in [6.07, 6.45) is 2.53. The Morgan fingerprint density at radius 1 is 1.26 bits per heavy atom. The first-order valence-corrected chi connectivity index (χ1v) is 11.3. The molecule has 2 aliphatic rings. The van der Waals surface area contributed by atoms with Crippen molar-refractivity contribution < 1.29 is 33.2 Å². The Bertz CT molecular complexity index is 1170. The van der Waals surface area contributed by atoms with Gasteiger partial charge in [0.15, 0.2) is 22.3 Å². The van der Waals surface area contributed by atoms with Gasteiger partial charge in [-0.25, -0.2) is 17.9 Å². The second-order valence-corrected chi connectivity index (χ2v) is 9.60. The van der Waals surface area contributed by atoms with Gasteiger partial charge >= 0.3 is 0 Å². The molecule has 2 aromatic rings. The molecule has 4 rings (SSSR count). The lowest BCUT2D eigenvalue weighted by atomic mass is 9.97. The lowest BCUT2D eigenvalue weighted by Crippen LogP contribution is -2.55. The molecule has 2 heterocycles. The van der Waals surface area contributed by atoms with Crippen molar-refractivity contribution in [3.05, 3.63) is 58.9 Å². The van der Waals surface area contributed by atoms with Gasteiger partial charge < -0.3 is 20.1 Å². The van der Waals surface area contributed by atoms with E-state index in [1.54, 1.807) is 6.08 Å². The zero-order chi connectivity index (χ0) is 24.6. The van der Waals surface area contributed by atoms with E-state index in [2.05, 4.69) is 10.3 Å². The zero-order valence-electron chi connectivity index (χ0n) is 17.2. The van der Waals surface area contributed by atoms with Crippen molar-refractivity contribution in [1.29, 1.82) is 5.26 Å². The Morgan fingerprint density at radius 3 is 2.62 bits per heavy atom. The summed E-state index contributed by atoms with van der Waals surface area (Å²) in [7, 11) is 0. The molecule has 1 aliphatic heterocycles. The summed E-state index contributed by atoms with van der Waals surface area (Å²) < 4.78 is 47.3. The lowest BCUT2D eigenvalue weighted by Gasteiger charge is -2.42. The molecule has 0 radical (unpaired) electrons. The molecule has 1 aliphatic carbocycles. The van der Waals surface area contributed by atoms with E-state index in [-0.39, 0.29) is 11.3 Å². The third-order valence-electron chi connectivity index (χ3n) is 5.43. The minimum atomic E-state index is -1.62. The zero-order valence-corrected chi connectivity index (χ0v) is 18.8. The Balaban J connectivity index is 1.62. The van der Waals surface area contributed by atoms with E-state index in [1.807, 2.05) is 6.07 Å². The van der Waals surface area contributed by atoms with Crippen LogP contribution in [0.25, 0.3) is 11.3 Å². The van der Waals surface area contributed by atoms with Gasteiger partial charge in [-0.3, -0.25) is 0 Å². The fourth-order valence-electron chi connectivity index (χ4n) is 3.72. The monoisotopic (exact) mass is 514 g/mol. The van der Waals surface area contributed by atoms with E-state index in [0.717, 1.165) is 28.6 Å². The van der Waals surface area contributed by atoms with Crippen LogP contribution in [0.1, 0.15) is 12.5 Å². The van der Waals surface area contributed by atoms with Gasteiger partial charge in [-0.1, -0.05) is 34.7 Å². The van der Waals surface area contributed by atoms with Gasteiger partial charge in [0.2, 0.25) is 0 Å². The van der Waals surface area contributed by atoms with Crippen LogP contribution < -0.4 is 0 Å². The van der Waals surface area contributed by atoms with Gasteiger partial charge in [0.1, 0.15) is 35.5 Å². The van der Waals surface area contributed by atoms with Crippen LogP contribution in [-0.4, -0.2) is 65.5 Å². The molecule has 0 spiro atoms. The molecule has 1 aromatic carbocycles. The number of hydrogen-bond donors (Lipinski definition) is 3. The van der Waals surface area contributed by atoms with Crippen LogP contribution >= 0.6 is 23.4 Å². The minimum absolute atomic E-state index is 0.0329. The molecule has 0 amide bonds. The van der Waals surface area contributed by atoms with Gasteiger partial charge in [-0.15, -0.1) is 5.10 Å². The first-order valence-electron chi connectivity index (χ1n) is 10.0. The van der Waals surface area contributed by atoms with E-state index < -0.39 is 58.7 Å². The Hall–Kier alpha value is -2.40. The average Bonchev–Trinajstić information content (AvgIpc) is 3.29. The smallest absolute Gasteiger partial charge is 0.194 e. The number of benzene rings is 1. The molecular weight excluding hydrogens is 497 g/mol. The molecule has 34 heavy (non-hydrogen) atoms. The van der Waals surface area contributed by atoms with E-state index in [1.165, 1.54) is 18.3 Å². The number of ether oxygens (including phenoxy) is 1. The van der Waals surface area contributed by atoms with Crippen LogP contribution in [0.4, 0.5) is 13.2 Å². The summed E-state index contributed by atoms with van der Waals surface area (Å²) in [6.45, 7) is -0.575. The van der Waals surface area contributed by atoms with Crippen LogP contribution in [-0.2, 0) is 4.74 Å². The van der Waals surface area contributed by atoms with Crippen LogP contribution in [0.3, 0.4) is 0 Å². The number of thioether (sulfide) groups is 1. The third-order valence-corrected chi connectivity index (χ3v) is 6.96. The van der Waals surface area contributed by atoms with Crippen molar-refractivity contribution in [2.24, 2.45) is 0 Å². The molecular formula is C21H18ClF3N4O4S. The van der Waals surface area contributed by atoms with Crippen molar-refractivity contribution in [2.45, 2.75) is 41.1 Å². The number of aromatic nitrogens is 3. The van der Waals surface area contributed by atoms with Gasteiger partial charge in [-0.2, -0.15) is 5.26 Å². The molecule has 3 N–H and O–H groups in total. The van der Waals surface area contributed by atoms with E-state index in [9.17, 15) is 33.8 Å². The fraction of sp³-hybridized carbons (Fsp3) is 0.381. The maximum Gasteiger partial charge on any atom is 0.194 e. The number of aliphatic hydroxyl groups is 3. The lowest BCUT2D eigenvalue weighted by molar-refractivity contribution is -0.178. The molecule has 180 valence electrons. The van der Waals surface area contributed by atoms with Crippen molar-refractivity contribution in [3.63, 3.8) is 0 Å². The average molecular weight is 515 g/mol. The third kappa shape index (κ3) is 4.72. The summed E-state index contributed by atoms with van der Waals surface area (Å²) in [5, 5.41) is 48.3. The molecule has 1 aromatic heterocycles. The first kappa shape index (κ1) is 24.7. The number of halogens is 4. The van der Waals surface area contributed by atoms with E-state index in [0.29, 0.717) is 11.3 Å². The molecule has 0 bridgehead atoms. The van der Waals surface area contributed by atoms with Gasteiger partial charge in [0, 0.05) is 5.56 Å². The number of rotatable bonds is 5. The topological polar surface area (TPSA) is 124 Å². The van der Waals surface area contributed by atoms with Gasteiger partial charge in [0.05, 0.1) is 18.9 Å². The largest absolute Gasteiger partial charge is 0.394 e. The predicted molar refractivity (Wildman–Crippen MR) is 116 cm³/mol. The highest BCUT2D eigenvalue weighted by molar-refractivity contribution is 8.03. The van der Waals surface area contributed by atoms with Crippen LogP contribution in [0.15, 0.2) is 41.5 Å². The summed E-state index contributed by atoms with van der Waals surface area (Å²) in [6, 6.07) is 2.29. The predicted octanol–water partition coefficient (Wildman–Crippen LogP) is 2.42. The summed E-state index contributed by atoms with van der Waals surface area (Å²) in [4.78, 5) is -0.706. The van der Waals surface area contributed by atoms with Crippen molar-refractivity contribution in [2.75, 3.05) is 6.61 Å². The number of nitriles is 1. The van der Waals surface area contributed by atoms with Gasteiger partial charge in [-0.05, 0) is 35.6 Å². The summed E-state index contributed by atoms with van der Waals surface area (Å²) >= 11 is 7.26. The number of nitrogens with zero attached hydrogens (tertiary/aromatic N) is 4. The molecule has 1 saturated heterocycles. The highest BCUT2D eigenvalue weighted by Gasteiger charge is 2.46. The number of alkyl halides is 1. The van der Waals surface area contributed by atoms with Crippen LogP contribution in [0.5, 0.6) is 0 Å². The second-order valence-electron chi connectivity index (χ2n) is 7.75. The standard InChI is InChI=1S/C21H18ClF3N4O4S/c22-21(9-26)3-1-2-11(6-21)34-20-19(32)17(18(31)15(8-30)33-20)29-7-14(27-28-29)10-4-12(23)16(25)13(24)5-10/h1,3-7,15,17-20,30-32H,2,8H2/t15-,17+,18+,19-,20-,21?/m1/s1. The SMILES string of the molecule is N#CC1(Cl)C=CCC(S[C@H]2O[C@H](CO)[C@H](O)[C@H](n3cc(-c4cc(F)c(F)c(F)c4)nn3)[C@H]2O)=C1. The van der Waals surface area contributed by atoms with Crippen LogP contribution in [0.2, 0.25) is 0 Å². The highest BCUT2D eigenvalue weighted by atomic mass is 35.5. The molecule has 0 saturated carbocycles. The van der Waals surface area contributed by atoms with Crippen molar-refractivity contribution in [1.82, 2.24) is 15.0 Å². The molecule has 1 fully saturated rings.